The van der Waals surface area contributed by atoms with E-state index in [0.717, 1.165) is 129 Å². The predicted molar refractivity (Wildman–Crippen MR) is 315 cm³/mol. The standard InChI is InChI=1S/C68H74O14/c1-4-7-14-47-80-68(73)62-50-61(81-66(71)53-27-34-58(35-28-53)75-43-17-10-12-19-45-78-64(69)5-2)39-40-63(62)82-67(72)54-29-36-59(37-30-54)76-42-16-9-8-15-41-74-57-32-24-51(25-33-57)21-22-52-23-26-56-49-60(38-31-55(56)48-52)77-44-18-11-13-20-46-79-65(70)6-3/h5-6,23-40,48-50H,2-4,7-20,41-47H2,1H3. The molecular weight excluding hydrogens is 1040 g/mol. The lowest BCUT2D eigenvalue weighted by molar-refractivity contribution is -0.138. The number of unbranched alkanes of at least 4 members (excludes halogenated alkanes) is 11. The fraction of sp³-hybridized carbons (Fsp3) is 0.338. The average Bonchev–Trinajstić information content (AvgIpc) is 3.70. The van der Waals surface area contributed by atoms with Gasteiger partial charge in [-0.2, -0.15) is 0 Å². The third-order valence-electron chi connectivity index (χ3n) is 12.8. The zero-order chi connectivity index (χ0) is 58.0. The van der Waals surface area contributed by atoms with Crippen molar-refractivity contribution in [1.29, 1.82) is 0 Å². The fourth-order valence-electron chi connectivity index (χ4n) is 8.18. The number of hydrogen-bond acceptors (Lipinski definition) is 14. The van der Waals surface area contributed by atoms with Crippen LogP contribution in [-0.4, -0.2) is 76.1 Å². The minimum Gasteiger partial charge on any atom is -0.494 e. The molecule has 0 aliphatic carbocycles. The Hall–Kier alpha value is -8.83. The number of esters is 5. The van der Waals surface area contributed by atoms with Gasteiger partial charge in [0.2, 0.25) is 0 Å². The van der Waals surface area contributed by atoms with Crippen LogP contribution in [0.5, 0.6) is 34.5 Å². The van der Waals surface area contributed by atoms with Crippen molar-refractivity contribution in [2.75, 3.05) is 46.2 Å². The van der Waals surface area contributed by atoms with Crippen molar-refractivity contribution < 1.29 is 66.6 Å². The normalized spacial score (nSPS) is 10.6. The Morgan fingerprint density at radius 3 is 1.30 bits per heavy atom. The highest BCUT2D eigenvalue weighted by Gasteiger charge is 2.21. The SMILES string of the molecule is C=CC(=O)OCCCCCCOc1ccc(C(=O)Oc2ccc(OC(=O)c3ccc(OCCCCCCOc4ccc(C#Cc5ccc6cc(OCCCCCCOC(=O)C=C)ccc6c5)cc4)cc3)c(C(=O)OCCCCC)c2)cc1. The second kappa shape index (κ2) is 35.7. The first-order chi connectivity index (χ1) is 40.1. The maximum atomic E-state index is 13.4. The average molecular weight is 1120 g/mol. The summed E-state index contributed by atoms with van der Waals surface area (Å²) in [7, 11) is 0. The van der Waals surface area contributed by atoms with Crippen LogP contribution in [0.3, 0.4) is 0 Å². The molecule has 0 saturated heterocycles. The van der Waals surface area contributed by atoms with Crippen LogP contribution in [-0.2, 0) is 23.8 Å². The molecule has 0 radical (unpaired) electrons. The van der Waals surface area contributed by atoms with Crippen molar-refractivity contribution >= 4 is 40.6 Å². The van der Waals surface area contributed by atoms with Gasteiger partial charge in [0.05, 0.1) is 57.4 Å². The monoisotopic (exact) mass is 1110 g/mol. The van der Waals surface area contributed by atoms with Gasteiger partial charge >= 0.3 is 29.8 Å². The van der Waals surface area contributed by atoms with E-state index in [0.29, 0.717) is 57.6 Å². The van der Waals surface area contributed by atoms with Crippen LogP contribution in [0.4, 0.5) is 0 Å². The molecule has 0 atom stereocenters. The van der Waals surface area contributed by atoms with Gasteiger partial charge in [-0.25, -0.2) is 24.0 Å². The van der Waals surface area contributed by atoms with E-state index in [4.69, 9.17) is 42.6 Å². The molecule has 0 aromatic heterocycles. The second-order valence-electron chi connectivity index (χ2n) is 19.2. The van der Waals surface area contributed by atoms with E-state index in [-0.39, 0.29) is 40.8 Å². The summed E-state index contributed by atoms with van der Waals surface area (Å²) in [5.74, 6) is 6.51. The maximum absolute atomic E-state index is 13.4. The Labute approximate surface area is 481 Å². The summed E-state index contributed by atoms with van der Waals surface area (Å²) < 4.78 is 50.6. The highest BCUT2D eigenvalue weighted by Crippen LogP contribution is 2.28. The van der Waals surface area contributed by atoms with Gasteiger partial charge in [-0.15, -0.1) is 0 Å². The molecule has 0 bridgehead atoms. The first-order valence-corrected chi connectivity index (χ1v) is 28.3. The Kier molecular flexibility index (Phi) is 27.2. The molecule has 0 aliphatic rings. The van der Waals surface area contributed by atoms with Crippen LogP contribution in [0.15, 0.2) is 153 Å². The molecule has 430 valence electrons. The molecule has 0 unspecified atom stereocenters. The van der Waals surface area contributed by atoms with Crippen molar-refractivity contribution in [3.05, 3.63) is 181 Å². The van der Waals surface area contributed by atoms with E-state index in [1.165, 1.54) is 24.3 Å². The lowest BCUT2D eigenvalue weighted by Crippen LogP contribution is -2.14. The first kappa shape index (κ1) is 62.4. The highest BCUT2D eigenvalue weighted by molar-refractivity contribution is 5.97. The van der Waals surface area contributed by atoms with E-state index < -0.39 is 23.9 Å². The molecule has 6 aromatic rings. The van der Waals surface area contributed by atoms with Crippen LogP contribution in [0, 0.1) is 11.8 Å². The quantitative estimate of drug-likeness (QED) is 0.00909. The Balaban J connectivity index is 0.864. The van der Waals surface area contributed by atoms with Crippen molar-refractivity contribution in [3.63, 3.8) is 0 Å². The number of fused-ring (bicyclic) bond motifs is 1. The number of carbonyl (C=O) groups is 5. The Bertz CT molecular complexity index is 3060. The van der Waals surface area contributed by atoms with Crippen LogP contribution < -0.4 is 28.4 Å². The summed E-state index contributed by atoms with van der Waals surface area (Å²) >= 11 is 0. The lowest BCUT2D eigenvalue weighted by atomic mass is 10.1. The second-order valence-corrected chi connectivity index (χ2v) is 19.2. The third kappa shape index (κ3) is 22.7. The van der Waals surface area contributed by atoms with Crippen molar-refractivity contribution in [2.45, 2.75) is 103 Å². The summed E-state index contributed by atoms with van der Waals surface area (Å²) in [6, 6.07) is 37.3. The molecule has 0 N–H and O–H groups in total. The maximum Gasteiger partial charge on any atom is 0.343 e. The molecule has 6 rings (SSSR count). The molecule has 82 heavy (non-hydrogen) atoms. The molecule has 6 aromatic carbocycles. The minimum absolute atomic E-state index is 0.0445. The fourth-order valence-corrected chi connectivity index (χ4v) is 8.18. The van der Waals surface area contributed by atoms with Crippen LogP contribution in [0.2, 0.25) is 0 Å². The molecule has 0 fully saturated rings. The third-order valence-corrected chi connectivity index (χ3v) is 12.8. The molecule has 0 heterocycles. The van der Waals surface area contributed by atoms with Gasteiger partial charge in [0, 0.05) is 23.3 Å². The van der Waals surface area contributed by atoms with Crippen LogP contribution >= 0.6 is 0 Å². The predicted octanol–water partition coefficient (Wildman–Crippen LogP) is 14.4. The van der Waals surface area contributed by atoms with Gasteiger partial charge in [-0.05, 0) is 210 Å². The Morgan fingerprint density at radius 1 is 0.378 bits per heavy atom. The minimum atomic E-state index is -0.719. The number of carbonyl (C=O) groups excluding carboxylic acids is 5. The highest BCUT2D eigenvalue weighted by atomic mass is 16.6. The van der Waals surface area contributed by atoms with Crippen molar-refractivity contribution in [3.8, 4) is 46.3 Å². The van der Waals surface area contributed by atoms with Crippen LogP contribution in [0.1, 0.15) is 145 Å². The molecule has 0 spiro atoms. The topological polar surface area (TPSA) is 168 Å². The first-order valence-electron chi connectivity index (χ1n) is 28.3. The van der Waals surface area contributed by atoms with Gasteiger partial charge in [-0.1, -0.05) is 56.9 Å². The van der Waals surface area contributed by atoms with E-state index in [1.807, 2.05) is 49.4 Å². The zero-order valence-corrected chi connectivity index (χ0v) is 47.0. The number of benzene rings is 6. The van der Waals surface area contributed by atoms with Crippen molar-refractivity contribution in [1.82, 2.24) is 0 Å². The van der Waals surface area contributed by atoms with Gasteiger partial charge in [0.1, 0.15) is 40.1 Å². The van der Waals surface area contributed by atoms with E-state index in [1.54, 1.807) is 48.5 Å². The molecule has 0 saturated carbocycles. The van der Waals surface area contributed by atoms with E-state index >= 15 is 0 Å². The van der Waals surface area contributed by atoms with Crippen LogP contribution in [0.25, 0.3) is 10.8 Å². The number of rotatable bonds is 36. The summed E-state index contributed by atoms with van der Waals surface area (Å²) in [4.78, 5) is 62.1. The van der Waals surface area contributed by atoms with Gasteiger partial charge in [-0.3, -0.25) is 0 Å². The van der Waals surface area contributed by atoms with E-state index in [9.17, 15) is 24.0 Å². The number of ether oxygens (including phenoxy) is 9. The van der Waals surface area contributed by atoms with Gasteiger partial charge in [0.25, 0.3) is 0 Å². The largest absolute Gasteiger partial charge is 0.494 e. The lowest BCUT2D eigenvalue weighted by Gasteiger charge is -2.13. The molecular formula is C68H74O14. The summed E-state index contributed by atoms with van der Waals surface area (Å²) in [6.45, 7) is 12.0. The zero-order valence-electron chi connectivity index (χ0n) is 47.0. The number of hydrogen-bond donors (Lipinski definition) is 0. The molecule has 14 heteroatoms. The van der Waals surface area contributed by atoms with E-state index in [2.05, 4.69) is 43.2 Å². The van der Waals surface area contributed by atoms with Crippen molar-refractivity contribution in [2.24, 2.45) is 0 Å². The summed E-state index contributed by atoms with van der Waals surface area (Å²) in [6.07, 6.45) is 15.6. The summed E-state index contributed by atoms with van der Waals surface area (Å²) in [5.41, 5.74) is 2.27. The smallest absolute Gasteiger partial charge is 0.343 e. The molecule has 0 aliphatic heterocycles. The molecule has 0 amide bonds. The molecule has 14 nitrogen and oxygen atoms in total. The van der Waals surface area contributed by atoms with Gasteiger partial charge in [0.15, 0.2) is 0 Å². The summed E-state index contributed by atoms with van der Waals surface area (Å²) in [5, 5.41) is 2.18. The van der Waals surface area contributed by atoms with Gasteiger partial charge < -0.3 is 42.6 Å². The Morgan fingerprint density at radius 2 is 0.780 bits per heavy atom.